The number of nitrogens with zero attached hydrogens (tertiary/aromatic N) is 1. The molecule has 138 valence electrons. The van der Waals surface area contributed by atoms with Gasteiger partial charge < -0.3 is 14.4 Å². The van der Waals surface area contributed by atoms with E-state index in [0.29, 0.717) is 12.3 Å². The summed E-state index contributed by atoms with van der Waals surface area (Å²) >= 11 is 3.32. The zero-order valence-electron chi connectivity index (χ0n) is 15.1. The number of likely N-dealkylation sites (N-methyl/N-ethyl adjacent to an activating group) is 1. The number of rotatable bonds is 7. The quantitative estimate of drug-likeness (QED) is 0.642. The highest BCUT2D eigenvalue weighted by atomic mass is 79.9. The van der Waals surface area contributed by atoms with Crippen LogP contribution >= 0.6 is 15.9 Å². The van der Waals surface area contributed by atoms with Crippen LogP contribution in [0.15, 0.2) is 46.9 Å². The highest BCUT2D eigenvalue weighted by Gasteiger charge is 2.14. The van der Waals surface area contributed by atoms with Crippen molar-refractivity contribution in [3.05, 3.63) is 63.6 Å². The number of aryl methyl sites for hydroxylation is 2. The first kappa shape index (κ1) is 20.0. The van der Waals surface area contributed by atoms with Gasteiger partial charge in [-0.15, -0.1) is 0 Å². The van der Waals surface area contributed by atoms with E-state index in [2.05, 4.69) is 22.0 Å². The molecule has 0 aliphatic rings. The summed E-state index contributed by atoms with van der Waals surface area (Å²) in [6.45, 7) is 3.96. The van der Waals surface area contributed by atoms with Gasteiger partial charge in [-0.25, -0.2) is 4.79 Å². The fourth-order valence-electron chi connectivity index (χ4n) is 2.36. The molecule has 2 aromatic carbocycles. The molecule has 0 N–H and O–H groups in total. The zero-order chi connectivity index (χ0) is 19.1. The van der Waals surface area contributed by atoms with E-state index in [1.807, 2.05) is 32.0 Å². The molecule has 0 bridgehead atoms. The SMILES string of the molecule is Cc1ccc(CN(C)C(=O)COC(=O)COc2cccc(Br)c2)c(C)c1. The molecule has 0 saturated carbocycles. The number of benzene rings is 2. The van der Waals surface area contributed by atoms with Crippen molar-refractivity contribution in [2.45, 2.75) is 20.4 Å². The van der Waals surface area contributed by atoms with Gasteiger partial charge in [0.15, 0.2) is 13.2 Å². The molecule has 6 heteroatoms. The topological polar surface area (TPSA) is 55.8 Å². The molecule has 0 aromatic heterocycles. The Morgan fingerprint density at radius 3 is 2.54 bits per heavy atom. The van der Waals surface area contributed by atoms with Gasteiger partial charge in [-0.1, -0.05) is 45.8 Å². The average Bonchev–Trinajstić information content (AvgIpc) is 2.60. The van der Waals surface area contributed by atoms with Crippen LogP contribution in [0.2, 0.25) is 0 Å². The minimum atomic E-state index is -0.585. The van der Waals surface area contributed by atoms with Gasteiger partial charge in [0, 0.05) is 18.1 Å². The molecule has 2 aromatic rings. The Kier molecular flexibility index (Phi) is 7.21. The lowest BCUT2D eigenvalue weighted by Gasteiger charge is -2.18. The zero-order valence-corrected chi connectivity index (χ0v) is 16.7. The minimum Gasteiger partial charge on any atom is -0.482 e. The van der Waals surface area contributed by atoms with E-state index in [0.717, 1.165) is 15.6 Å². The Morgan fingerprint density at radius 2 is 1.85 bits per heavy atom. The smallest absolute Gasteiger partial charge is 0.344 e. The van der Waals surface area contributed by atoms with Crippen molar-refractivity contribution in [2.24, 2.45) is 0 Å². The maximum Gasteiger partial charge on any atom is 0.344 e. The van der Waals surface area contributed by atoms with Gasteiger partial charge in [-0.2, -0.15) is 0 Å². The molecule has 0 radical (unpaired) electrons. The van der Waals surface area contributed by atoms with Gasteiger partial charge in [-0.3, -0.25) is 4.79 Å². The van der Waals surface area contributed by atoms with Gasteiger partial charge in [-0.05, 0) is 43.2 Å². The molecule has 0 unspecified atom stereocenters. The maximum absolute atomic E-state index is 12.2. The fourth-order valence-corrected chi connectivity index (χ4v) is 2.74. The number of hydrogen-bond donors (Lipinski definition) is 0. The van der Waals surface area contributed by atoms with Crippen LogP contribution in [0.4, 0.5) is 0 Å². The molecule has 2 rings (SSSR count). The Bertz CT molecular complexity index is 791. The van der Waals surface area contributed by atoms with Crippen LogP contribution < -0.4 is 4.74 Å². The average molecular weight is 420 g/mol. The Hall–Kier alpha value is -2.34. The molecular formula is C20H22BrNO4. The fraction of sp³-hybridized carbons (Fsp3) is 0.300. The number of halogens is 1. The molecule has 0 saturated heterocycles. The first-order valence-corrected chi connectivity index (χ1v) is 8.98. The lowest BCUT2D eigenvalue weighted by Crippen LogP contribution is -2.31. The number of amides is 1. The lowest BCUT2D eigenvalue weighted by molar-refractivity contribution is -0.153. The summed E-state index contributed by atoms with van der Waals surface area (Å²) in [6.07, 6.45) is 0. The Balaban J connectivity index is 1.77. The van der Waals surface area contributed by atoms with Crippen LogP contribution in [-0.4, -0.2) is 37.0 Å². The Morgan fingerprint density at radius 1 is 1.08 bits per heavy atom. The van der Waals surface area contributed by atoms with Crippen molar-refractivity contribution in [3.63, 3.8) is 0 Å². The molecule has 0 aliphatic carbocycles. The van der Waals surface area contributed by atoms with Gasteiger partial charge in [0.25, 0.3) is 5.91 Å². The van der Waals surface area contributed by atoms with E-state index >= 15 is 0 Å². The van der Waals surface area contributed by atoms with Crippen LogP contribution in [-0.2, 0) is 20.9 Å². The second-order valence-corrected chi connectivity index (χ2v) is 7.00. The number of hydrogen-bond acceptors (Lipinski definition) is 4. The van der Waals surface area contributed by atoms with Crippen molar-refractivity contribution < 1.29 is 19.1 Å². The summed E-state index contributed by atoms with van der Waals surface area (Å²) in [7, 11) is 1.69. The number of esters is 1. The predicted octanol–water partition coefficient (Wildman–Crippen LogP) is 3.65. The summed E-state index contributed by atoms with van der Waals surface area (Å²) in [5, 5.41) is 0. The molecule has 0 atom stereocenters. The molecule has 0 heterocycles. The highest BCUT2D eigenvalue weighted by molar-refractivity contribution is 9.10. The number of ether oxygens (including phenoxy) is 2. The number of carbonyl (C=O) groups is 2. The molecule has 0 aliphatic heterocycles. The summed E-state index contributed by atoms with van der Waals surface area (Å²) < 4.78 is 11.2. The second-order valence-electron chi connectivity index (χ2n) is 6.09. The Labute approximate surface area is 162 Å². The van der Waals surface area contributed by atoms with E-state index < -0.39 is 5.97 Å². The molecular weight excluding hydrogens is 398 g/mol. The van der Waals surface area contributed by atoms with E-state index in [4.69, 9.17) is 9.47 Å². The van der Waals surface area contributed by atoms with E-state index in [1.165, 1.54) is 5.56 Å². The van der Waals surface area contributed by atoms with Crippen LogP contribution in [0, 0.1) is 13.8 Å². The maximum atomic E-state index is 12.2. The first-order valence-electron chi connectivity index (χ1n) is 8.19. The second kappa shape index (κ2) is 9.38. The summed E-state index contributed by atoms with van der Waals surface area (Å²) in [5.74, 6) is -0.298. The third-order valence-corrected chi connectivity index (χ3v) is 4.33. The predicted molar refractivity (Wildman–Crippen MR) is 103 cm³/mol. The molecule has 0 spiro atoms. The third-order valence-electron chi connectivity index (χ3n) is 3.84. The summed E-state index contributed by atoms with van der Waals surface area (Å²) in [5.41, 5.74) is 3.37. The largest absolute Gasteiger partial charge is 0.482 e. The lowest BCUT2D eigenvalue weighted by atomic mass is 10.1. The van der Waals surface area contributed by atoms with Gasteiger partial charge in [0.05, 0.1) is 0 Å². The van der Waals surface area contributed by atoms with Crippen LogP contribution in [0.25, 0.3) is 0 Å². The highest BCUT2D eigenvalue weighted by Crippen LogP contribution is 2.17. The van der Waals surface area contributed by atoms with Crippen molar-refractivity contribution in [1.82, 2.24) is 4.90 Å². The van der Waals surface area contributed by atoms with Crippen molar-refractivity contribution in [3.8, 4) is 5.75 Å². The standard InChI is InChI=1S/C20H22BrNO4/c1-14-7-8-16(15(2)9-14)11-22(3)19(23)12-26-20(24)13-25-18-6-4-5-17(21)10-18/h4-10H,11-13H2,1-3H3. The van der Waals surface area contributed by atoms with Crippen molar-refractivity contribution >= 4 is 27.8 Å². The molecule has 5 nitrogen and oxygen atoms in total. The van der Waals surface area contributed by atoms with E-state index in [1.54, 1.807) is 30.1 Å². The third kappa shape index (κ3) is 6.19. The monoisotopic (exact) mass is 419 g/mol. The van der Waals surface area contributed by atoms with E-state index in [-0.39, 0.29) is 19.1 Å². The van der Waals surface area contributed by atoms with Gasteiger partial charge in [0.2, 0.25) is 0 Å². The number of carbonyl (C=O) groups excluding carboxylic acids is 2. The van der Waals surface area contributed by atoms with Gasteiger partial charge >= 0.3 is 5.97 Å². The van der Waals surface area contributed by atoms with Crippen molar-refractivity contribution in [1.29, 1.82) is 0 Å². The van der Waals surface area contributed by atoms with Crippen LogP contribution in [0.3, 0.4) is 0 Å². The first-order chi connectivity index (χ1) is 12.3. The molecule has 1 amide bonds. The summed E-state index contributed by atoms with van der Waals surface area (Å²) in [4.78, 5) is 25.4. The van der Waals surface area contributed by atoms with Gasteiger partial charge in [0.1, 0.15) is 5.75 Å². The summed E-state index contributed by atoms with van der Waals surface area (Å²) in [6, 6.07) is 13.2. The molecule has 26 heavy (non-hydrogen) atoms. The van der Waals surface area contributed by atoms with E-state index in [9.17, 15) is 9.59 Å². The van der Waals surface area contributed by atoms with Crippen molar-refractivity contribution in [2.75, 3.05) is 20.3 Å². The normalized spacial score (nSPS) is 10.3. The molecule has 0 fully saturated rings. The van der Waals surface area contributed by atoms with Crippen LogP contribution in [0.1, 0.15) is 16.7 Å². The van der Waals surface area contributed by atoms with Crippen LogP contribution in [0.5, 0.6) is 5.75 Å². The minimum absolute atomic E-state index is 0.246.